The van der Waals surface area contributed by atoms with Crippen molar-refractivity contribution in [3.05, 3.63) is 35.4 Å². The number of halogens is 3. The Morgan fingerprint density at radius 2 is 1.78 bits per heavy atom. The summed E-state index contributed by atoms with van der Waals surface area (Å²) in [5, 5.41) is 19.8. The number of rotatable bonds is 3. The van der Waals surface area contributed by atoms with Crippen LogP contribution in [0.25, 0.3) is 0 Å². The number of amides is 1. The first-order valence-electron chi connectivity index (χ1n) is 5.00. The number of hydrogen-bond donors (Lipinski definition) is 3. The van der Waals surface area contributed by atoms with Gasteiger partial charge < -0.3 is 15.5 Å². The highest BCUT2D eigenvalue weighted by atomic mass is 19.4. The summed E-state index contributed by atoms with van der Waals surface area (Å²) in [6.45, 7) is 0.654. The smallest absolute Gasteiger partial charge is 0.421 e. The molecule has 7 heteroatoms. The van der Waals surface area contributed by atoms with Crippen molar-refractivity contribution >= 4 is 6.09 Å². The molecule has 0 saturated heterocycles. The maximum atomic E-state index is 12.5. The van der Waals surface area contributed by atoms with E-state index >= 15 is 0 Å². The van der Waals surface area contributed by atoms with Gasteiger partial charge in [0.25, 0.3) is 0 Å². The molecule has 4 nitrogen and oxygen atoms in total. The normalized spacial score (nSPS) is 14.9. The summed E-state index contributed by atoms with van der Waals surface area (Å²) in [5.41, 5.74) is -2.72. The van der Waals surface area contributed by atoms with Crippen molar-refractivity contribution in [3.8, 4) is 0 Å². The first-order valence-corrected chi connectivity index (χ1v) is 5.00. The fraction of sp³-hybridized carbons (Fsp3) is 0.364. The Balaban J connectivity index is 2.86. The van der Waals surface area contributed by atoms with Gasteiger partial charge in [0.15, 0.2) is 5.60 Å². The molecule has 0 aromatic heterocycles. The summed E-state index contributed by atoms with van der Waals surface area (Å²) >= 11 is 0. The predicted molar refractivity (Wildman–Crippen MR) is 56.9 cm³/mol. The minimum atomic E-state index is -4.77. The molecular formula is C11H12F3NO3. The molecule has 0 spiro atoms. The largest absolute Gasteiger partial charge is 0.465 e. The van der Waals surface area contributed by atoms with Gasteiger partial charge in [0.2, 0.25) is 0 Å². The Hall–Kier alpha value is -1.76. The lowest BCUT2D eigenvalue weighted by atomic mass is 9.94. The number of alkyl halides is 3. The quantitative estimate of drug-likeness (QED) is 0.783. The van der Waals surface area contributed by atoms with Crippen molar-refractivity contribution in [1.29, 1.82) is 0 Å². The molecule has 1 aromatic carbocycles. The molecule has 1 aromatic rings. The summed E-state index contributed by atoms with van der Waals surface area (Å²) in [5.74, 6) is 0. The second-order valence-electron chi connectivity index (χ2n) is 3.93. The Bertz CT molecular complexity index is 426. The van der Waals surface area contributed by atoms with Gasteiger partial charge in [0, 0.05) is 6.54 Å². The fourth-order valence-electron chi connectivity index (χ4n) is 1.29. The van der Waals surface area contributed by atoms with Crippen LogP contribution in [0.4, 0.5) is 18.0 Å². The molecule has 0 aliphatic rings. The van der Waals surface area contributed by atoms with E-state index in [0.717, 1.165) is 12.1 Å². The van der Waals surface area contributed by atoms with Gasteiger partial charge in [0.05, 0.1) is 0 Å². The van der Waals surface area contributed by atoms with Gasteiger partial charge in [-0.15, -0.1) is 0 Å². The molecule has 0 bridgehead atoms. The van der Waals surface area contributed by atoms with E-state index < -0.39 is 17.9 Å². The summed E-state index contributed by atoms with van der Waals surface area (Å²) in [4.78, 5) is 10.2. The summed E-state index contributed by atoms with van der Waals surface area (Å²) < 4.78 is 37.6. The predicted octanol–water partition coefficient (Wildman–Crippen LogP) is 2.22. The number of benzene rings is 1. The molecular weight excluding hydrogens is 251 g/mol. The van der Waals surface area contributed by atoms with Crippen molar-refractivity contribution in [1.82, 2.24) is 5.32 Å². The second-order valence-corrected chi connectivity index (χ2v) is 3.93. The van der Waals surface area contributed by atoms with Gasteiger partial charge in [-0.3, -0.25) is 0 Å². The van der Waals surface area contributed by atoms with E-state index in [1.165, 1.54) is 12.1 Å². The standard InChI is InChI=1S/C11H12F3NO3/c1-10(18,11(12,13)14)8-4-2-7(3-5-8)6-15-9(16)17/h2-5,15,18H,6H2,1H3,(H,16,17). The Labute approximate surface area is 101 Å². The monoisotopic (exact) mass is 263 g/mol. The zero-order valence-corrected chi connectivity index (χ0v) is 9.45. The lowest BCUT2D eigenvalue weighted by Gasteiger charge is -2.26. The van der Waals surface area contributed by atoms with E-state index in [1.807, 2.05) is 0 Å². The lowest BCUT2D eigenvalue weighted by molar-refractivity contribution is -0.258. The number of hydrogen-bond acceptors (Lipinski definition) is 2. The van der Waals surface area contributed by atoms with Crippen LogP contribution in [0.5, 0.6) is 0 Å². The Kier molecular flexibility index (Phi) is 3.85. The van der Waals surface area contributed by atoms with Crippen LogP contribution < -0.4 is 5.32 Å². The zero-order chi connectivity index (χ0) is 14.0. The van der Waals surface area contributed by atoms with Crippen molar-refractivity contribution in [2.75, 3.05) is 0 Å². The number of aliphatic hydroxyl groups is 1. The summed E-state index contributed by atoms with van der Waals surface area (Å²) in [6, 6.07) is 4.88. The van der Waals surface area contributed by atoms with Crippen LogP contribution in [-0.2, 0) is 12.1 Å². The van der Waals surface area contributed by atoms with Crippen LogP contribution in [0, 0.1) is 0 Å². The van der Waals surface area contributed by atoms with Gasteiger partial charge in [-0.1, -0.05) is 24.3 Å². The topological polar surface area (TPSA) is 69.6 Å². The Morgan fingerprint density at radius 1 is 1.28 bits per heavy atom. The van der Waals surface area contributed by atoms with Crippen molar-refractivity contribution < 1.29 is 28.2 Å². The first-order chi connectivity index (χ1) is 8.14. The third-order valence-electron chi connectivity index (χ3n) is 2.51. The SMILES string of the molecule is CC(O)(c1ccc(CNC(=O)O)cc1)C(F)(F)F. The number of carbonyl (C=O) groups is 1. The van der Waals surface area contributed by atoms with E-state index in [2.05, 4.69) is 5.32 Å². The van der Waals surface area contributed by atoms with Crippen LogP contribution in [0.2, 0.25) is 0 Å². The van der Waals surface area contributed by atoms with E-state index in [4.69, 9.17) is 5.11 Å². The first kappa shape index (κ1) is 14.3. The summed E-state index contributed by atoms with van der Waals surface area (Å²) in [6.07, 6.45) is -5.99. The van der Waals surface area contributed by atoms with Gasteiger partial charge in [0.1, 0.15) is 0 Å². The van der Waals surface area contributed by atoms with E-state index in [-0.39, 0.29) is 12.1 Å². The van der Waals surface area contributed by atoms with Gasteiger partial charge in [-0.25, -0.2) is 4.79 Å². The minimum absolute atomic E-state index is 0.0101. The highest BCUT2D eigenvalue weighted by molar-refractivity contribution is 5.64. The molecule has 18 heavy (non-hydrogen) atoms. The highest BCUT2D eigenvalue weighted by Gasteiger charge is 2.50. The van der Waals surface area contributed by atoms with Crippen molar-refractivity contribution in [2.45, 2.75) is 25.2 Å². The molecule has 1 unspecified atom stereocenters. The Morgan fingerprint density at radius 3 is 2.17 bits per heavy atom. The molecule has 1 atom stereocenters. The van der Waals surface area contributed by atoms with Gasteiger partial charge in [-0.2, -0.15) is 13.2 Å². The molecule has 100 valence electrons. The van der Waals surface area contributed by atoms with Crippen molar-refractivity contribution in [2.24, 2.45) is 0 Å². The molecule has 0 heterocycles. The van der Waals surface area contributed by atoms with Crippen LogP contribution in [-0.4, -0.2) is 22.5 Å². The van der Waals surface area contributed by atoms with Gasteiger partial charge >= 0.3 is 12.3 Å². The van der Waals surface area contributed by atoms with Crippen LogP contribution in [0.3, 0.4) is 0 Å². The van der Waals surface area contributed by atoms with Gasteiger partial charge in [-0.05, 0) is 18.1 Å². The number of carboxylic acid groups (broad SMARTS) is 1. The van der Waals surface area contributed by atoms with Crippen LogP contribution in [0.15, 0.2) is 24.3 Å². The molecule has 1 rings (SSSR count). The average Bonchev–Trinajstić information content (AvgIpc) is 2.25. The zero-order valence-electron chi connectivity index (χ0n) is 9.45. The molecule has 3 N–H and O–H groups in total. The van der Waals surface area contributed by atoms with E-state index in [0.29, 0.717) is 12.5 Å². The fourth-order valence-corrected chi connectivity index (χ4v) is 1.29. The maximum Gasteiger partial charge on any atom is 0.421 e. The third-order valence-corrected chi connectivity index (χ3v) is 2.51. The second kappa shape index (κ2) is 4.85. The molecule has 0 saturated carbocycles. The molecule has 0 aliphatic carbocycles. The number of nitrogens with one attached hydrogen (secondary N) is 1. The van der Waals surface area contributed by atoms with Crippen LogP contribution in [0.1, 0.15) is 18.1 Å². The molecule has 1 amide bonds. The molecule has 0 radical (unpaired) electrons. The molecule has 0 fully saturated rings. The van der Waals surface area contributed by atoms with Crippen LogP contribution >= 0.6 is 0 Å². The van der Waals surface area contributed by atoms with E-state index in [9.17, 15) is 23.1 Å². The van der Waals surface area contributed by atoms with Crippen molar-refractivity contribution in [3.63, 3.8) is 0 Å². The molecule has 0 aliphatic heterocycles. The third kappa shape index (κ3) is 3.13. The highest BCUT2D eigenvalue weighted by Crippen LogP contribution is 2.38. The average molecular weight is 263 g/mol. The minimum Gasteiger partial charge on any atom is -0.465 e. The summed E-state index contributed by atoms with van der Waals surface area (Å²) in [7, 11) is 0. The maximum absolute atomic E-state index is 12.5. The van der Waals surface area contributed by atoms with E-state index in [1.54, 1.807) is 0 Å². The lowest BCUT2D eigenvalue weighted by Crippen LogP contribution is -2.39.